The van der Waals surface area contributed by atoms with Gasteiger partial charge in [-0.15, -0.1) is 0 Å². The standard InChI is InChI=1S/C43H47N5O4/c1-5-47(6-2)34-20-21-36-38(29-39(52-40(36)28-34)30-16-18-33(19-17-30)46(3)4)35-14-10-11-15-37(35)43(51)48-26-24-32(25-27-48)45-42(50)23-22-41(49)44-31-12-8-7-9-13-31/h7-21,28-29,32H,5-6,22-27H2,1-4H3,(H-,44,45,49,50)/p+1. The molecule has 0 aromatic heterocycles. The summed E-state index contributed by atoms with van der Waals surface area (Å²) < 4.78 is 8.91. The maximum Gasteiger partial charge on any atom is 0.254 e. The smallest absolute Gasteiger partial charge is 0.254 e. The first-order valence-corrected chi connectivity index (χ1v) is 18.2. The third-order valence-electron chi connectivity index (χ3n) is 9.78. The lowest BCUT2D eigenvalue weighted by atomic mass is 9.92. The molecule has 9 heteroatoms. The van der Waals surface area contributed by atoms with Crippen LogP contribution < -0.4 is 25.5 Å². The van der Waals surface area contributed by atoms with Crippen molar-refractivity contribution in [2.75, 3.05) is 50.5 Å². The van der Waals surface area contributed by atoms with E-state index >= 15 is 0 Å². The number of rotatable bonds is 11. The van der Waals surface area contributed by atoms with Crippen LogP contribution in [-0.4, -0.2) is 68.9 Å². The number of benzene rings is 4. The largest absolute Gasteiger partial charge is 0.456 e. The molecule has 1 saturated heterocycles. The highest BCUT2D eigenvalue weighted by molar-refractivity contribution is 6.03. The second kappa shape index (κ2) is 16.5. The molecule has 3 amide bonds. The van der Waals surface area contributed by atoms with Gasteiger partial charge in [0.25, 0.3) is 5.91 Å². The van der Waals surface area contributed by atoms with Crippen LogP contribution in [0.4, 0.5) is 11.4 Å². The molecular formula is C43H48N5O4+. The Hall–Kier alpha value is -5.70. The van der Waals surface area contributed by atoms with Crippen molar-refractivity contribution in [2.24, 2.45) is 0 Å². The van der Waals surface area contributed by atoms with Gasteiger partial charge in [0.15, 0.2) is 0 Å². The van der Waals surface area contributed by atoms with Gasteiger partial charge < -0.3 is 24.9 Å². The molecule has 0 radical (unpaired) electrons. The van der Waals surface area contributed by atoms with Crippen molar-refractivity contribution < 1.29 is 18.8 Å². The SMILES string of the molecule is CC[N+](CC)=c1ccc2c(-c3ccccc3C(=O)N3CCC(NC(=O)CCC(=O)Nc4ccccc4)CC3)cc(-c3ccc(N(C)C)cc3)oc-2c1. The van der Waals surface area contributed by atoms with E-state index in [0.29, 0.717) is 37.2 Å². The van der Waals surface area contributed by atoms with Crippen LogP contribution in [0, 0.1) is 0 Å². The Labute approximate surface area is 305 Å². The van der Waals surface area contributed by atoms with E-state index in [9.17, 15) is 14.4 Å². The number of nitrogens with one attached hydrogen (secondary N) is 2. The molecule has 2 heterocycles. The van der Waals surface area contributed by atoms with Gasteiger partial charge >= 0.3 is 0 Å². The maximum atomic E-state index is 14.2. The minimum absolute atomic E-state index is 0.0384. The fraction of sp³-hybridized carbons (Fsp3) is 0.302. The Morgan fingerprint density at radius 2 is 1.42 bits per heavy atom. The van der Waals surface area contributed by atoms with Gasteiger partial charge in [-0.25, -0.2) is 4.58 Å². The number of hydrogen-bond donors (Lipinski definition) is 2. The summed E-state index contributed by atoms with van der Waals surface area (Å²) in [5.41, 5.74) is 6.10. The second-order valence-corrected chi connectivity index (χ2v) is 13.4. The molecule has 6 rings (SSSR count). The van der Waals surface area contributed by atoms with Gasteiger partial charge in [-0.2, -0.15) is 0 Å². The van der Waals surface area contributed by atoms with Crippen molar-refractivity contribution in [3.8, 4) is 33.8 Å². The van der Waals surface area contributed by atoms with Crippen LogP contribution in [0.3, 0.4) is 0 Å². The van der Waals surface area contributed by atoms with Crippen LogP contribution in [0.2, 0.25) is 0 Å². The van der Waals surface area contributed by atoms with Gasteiger partial charge in [0.2, 0.25) is 17.2 Å². The first kappa shape index (κ1) is 36.1. The van der Waals surface area contributed by atoms with E-state index < -0.39 is 0 Å². The summed E-state index contributed by atoms with van der Waals surface area (Å²) in [5, 5.41) is 6.98. The average Bonchev–Trinajstić information content (AvgIpc) is 3.17. The minimum Gasteiger partial charge on any atom is -0.456 e. The lowest BCUT2D eigenvalue weighted by molar-refractivity contribution is -0.125. The molecule has 0 saturated carbocycles. The molecule has 0 bridgehead atoms. The molecule has 3 aromatic rings. The summed E-state index contributed by atoms with van der Waals surface area (Å²) in [6.45, 7) is 7.09. The topological polar surface area (TPSA) is 97.9 Å². The molecule has 3 aromatic carbocycles. The first-order valence-electron chi connectivity index (χ1n) is 18.2. The second-order valence-electron chi connectivity index (χ2n) is 13.4. The Morgan fingerprint density at radius 3 is 2.12 bits per heavy atom. The molecule has 2 aliphatic heterocycles. The molecular weight excluding hydrogens is 651 g/mol. The molecule has 0 spiro atoms. The van der Waals surface area contributed by atoms with Crippen molar-refractivity contribution in [1.82, 2.24) is 14.8 Å². The third kappa shape index (κ3) is 8.42. The summed E-state index contributed by atoms with van der Waals surface area (Å²) in [6, 6.07) is 33.6. The van der Waals surface area contributed by atoms with Crippen molar-refractivity contribution in [2.45, 2.75) is 45.6 Å². The number of piperidine rings is 1. The number of amides is 3. The van der Waals surface area contributed by atoms with Crippen LogP contribution in [-0.2, 0) is 9.59 Å². The minimum atomic E-state index is -0.195. The van der Waals surface area contributed by atoms with Crippen molar-refractivity contribution in [3.63, 3.8) is 0 Å². The van der Waals surface area contributed by atoms with Crippen LogP contribution in [0.1, 0.15) is 49.9 Å². The van der Waals surface area contributed by atoms with Crippen LogP contribution in [0.25, 0.3) is 33.8 Å². The Morgan fingerprint density at radius 1 is 0.750 bits per heavy atom. The zero-order chi connectivity index (χ0) is 36.6. The van der Waals surface area contributed by atoms with E-state index in [2.05, 4.69) is 82.5 Å². The third-order valence-corrected chi connectivity index (χ3v) is 9.78. The van der Waals surface area contributed by atoms with E-state index in [1.54, 1.807) is 0 Å². The highest BCUT2D eigenvalue weighted by Gasteiger charge is 2.28. The molecule has 268 valence electrons. The van der Waals surface area contributed by atoms with E-state index in [1.165, 1.54) is 0 Å². The van der Waals surface area contributed by atoms with E-state index in [1.807, 2.05) is 73.6 Å². The van der Waals surface area contributed by atoms with Gasteiger partial charge in [-0.1, -0.05) is 36.4 Å². The average molecular weight is 699 g/mol. The van der Waals surface area contributed by atoms with Crippen LogP contribution in [0.5, 0.6) is 0 Å². The number of anilines is 2. The molecule has 52 heavy (non-hydrogen) atoms. The van der Waals surface area contributed by atoms with Crippen LogP contribution >= 0.6 is 0 Å². The highest BCUT2D eigenvalue weighted by Crippen LogP contribution is 2.39. The molecule has 0 unspecified atom stereocenters. The monoisotopic (exact) mass is 698 g/mol. The van der Waals surface area contributed by atoms with Crippen molar-refractivity contribution in [1.29, 1.82) is 0 Å². The number of carbonyl (C=O) groups is 3. The zero-order valence-corrected chi connectivity index (χ0v) is 30.5. The Balaban J connectivity index is 1.21. The lowest BCUT2D eigenvalue weighted by Crippen LogP contribution is -2.46. The normalized spacial score (nSPS) is 13.1. The zero-order valence-electron chi connectivity index (χ0n) is 30.5. The van der Waals surface area contributed by atoms with E-state index in [0.717, 1.165) is 57.9 Å². The number of para-hydroxylation sites is 1. The van der Waals surface area contributed by atoms with Gasteiger partial charge in [0.05, 0.1) is 6.07 Å². The summed E-state index contributed by atoms with van der Waals surface area (Å²) in [7, 11) is 4.04. The summed E-state index contributed by atoms with van der Waals surface area (Å²) in [6.07, 6.45) is 1.51. The lowest BCUT2D eigenvalue weighted by Gasteiger charge is -2.33. The number of carbonyl (C=O) groups excluding carboxylic acids is 3. The van der Waals surface area contributed by atoms with Crippen LogP contribution in [0.15, 0.2) is 108 Å². The molecule has 9 nitrogen and oxygen atoms in total. The Bertz CT molecular complexity index is 2060. The fourth-order valence-electron chi connectivity index (χ4n) is 6.82. The molecule has 1 aliphatic carbocycles. The predicted octanol–water partition coefficient (Wildman–Crippen LogP) is 6.74. The molecule has 2 N–H and O–H groups in total. The number of likely N-dealkylation sites (tertiary alicyclic amines) is 1. The predicted molar refractivity (Wildman–Crippen MR) is 208 cm³/mol. The molecule has 0 atom stereocenters. The van der Waals surface area contributed by atoms with Gasteiger partial charge in [-0.05, 0) is 92.4 Å². The number of hydrogen-bond acceptors (Lipinski definition) is 5. The van der Waals surface area contributed by atoms with Crippen molar-refractivity contribution in [3.05, 3.63) is 114 Å². The fourth-order valence-corrected chi connectivity index (χ4v) is 6.82. The summed E-state index contributed by atoms with van der Waals surface area (Å²) in [5.74, 6) is 1.09. The van der Waals surface area contributed by atoms with E-state index in [-0.39, 0.29) is 36.6 Å². The van der Waals surface area contributed by atoms with E-state index in [4.69, 9.17) is 4.42 Å². The summed E-state index contributed by atoms with van der Waals surface area (Å²) in [4.78, 5) is 43.2. The number of nitrogens with zero attached hydrogens (tertiary/aromatic N) is 3. The molecule has 3 aliphatic rings. The highest BCUT2D eigenvalue weighted by atomic mass is 16.3. The van der Waals surface area contributed by atoms with Gasteiger partial charge in [-0.3, -0.25) is 14.4 Å². The molecule has 1 fully saturated rings. The van der Waals surface area contributed by atoms with Gasteiger partial charge in [0, 0.05) is 80.2 Å². The van der Waals surface area contributed by atoms with Gasteiger partial charge in [0.1, 0.15) is 24.6 Å². The van der Waals surface area contributed by atoms with Crippen molar-refractivity contribution >= 4 is 29.1 Å². The Kier molecular flexibility index (Phi) is 11.5. The maximum absolute atomic E-state index is 14.2. The number of fused-ring (bicyclic) bond motifs is 1. The summed E-state index contributed by atoms with van der Waals surface area (Å²) >= 11 is 0. The quantitative estimate of drug-likeness (QED) is 0.149. The first-order chi connectivity index (χ1) is 25.2.